The predicted octanol–water partition coefficient (Wildman–Crippen LogP) is 2.84. The highest BCUT2D eigenvalue weighted by molar-refractivity contribution is 7.89. The van der Waals surface area contributed by atoms with E-state index in [2.05, 4.69) is 24.5 Å². The summed E-state index contributed by atoms with van der Waals surface area (Å²) >= 11 is 5.26. The number of hydrogen-bond donors (Lipinski definition) is 3. The summed E-state index contributed by atoms with van der Waals surface area (Å²) in [6, 6.07) is 6.19. The van der Waals surface area contributed by atoms with E-state index in [1.807, 2.05) is 0 Å². The molecule has 1 rings (SSSR count). The van der Waals surface area contributed by atoms with Gasteiger partial charge in [-0.2, -0.15) is 0 Å². The van der Waals surface area contributed by atoms with Crippen LogP contribution < -0.4 is 15.8 Å². The normalized spacial score (nSPS) is 12.7. The van der Waals surface area contributed by atoms with E-state index in [-0.39, 0.29) is 4.90 Å². The molecule has 0 amide bonds. The van der Waals surface area contributed by atoms with E-state index in [1.165, 1.54) is 31.4 Å². The molecule has 0 saturated heterocycles. The first kappa shape index (κ1) is 18.9. The third-order valence-electron chi connectivity index (χ3n) is 3.54. The molecule has 4 N–H and O–H groups in total. The summed E-state index contributed by atoms with van der Waals surface area (Å²) in [5, 5.41) is 11.9. The van der Waals surface area contributed by atoms with Crippen LogP contribution in [0.4, 0.5) is 5.69 Å². The minimum absolute atomic E-state index is 0.0857. The van der Waals surface area contributed by atoms with Crippen LogP contribution in [0.5, 0.6) is 0 Å². The summed E-state index contributed by atoms with van der Waals surface area (Å²) in [6.45, 7) is 5.22. The zero-order valence-electron chi connectivity index (χ0n) is 13.1. The van der Waals surface area contributed by atoms with Crippen molar-refractivity contribution in [3.05, 3.63) is 24.3 Å². The Bertz CT molecular complexity index is 571. The number of nitrogens with two attached hydrogens (primary N) is 1. The number of hydrogen-bond acceptors (Lipinski definition) is 3. The summed E-state index contributed by atoms with van der Waals surface area (Å²) < 4.78 is 22.4. The van der Waals surface area contributed by atoms with E-state index in [4.69, 9.17) is 17.4 Å². The first-order valence-electron chi connectivity index (χ1n) is 7.54. The van der Waals surface area contributed by atoms with Crippen LogP contribution in [-0.4, -0.2) is 20.1 Å². The fourth-order valence-corrected chi connectivity index (χ4v) is 2.80. The summed E-state index contributed by atoms with van der Waals surface area (Å²) in [7, 11) is -3.66. The second kappa shape index (κ2) is 9.07. The van der Waals surface area contributed by atoms with E-state index < -0.39 is 10.0 Å². The first-order chi connectivity index (χ1) is 10.4. The molecule has 124 valence electrons. The van der Waals surface area contributed by atoms with Crippen molar-refractivity contribution in [2.24, 2.45) is 11.1 Å². The van der Waals surface area contributed by atoms with Gasteiger partial charge in [-0.15, -0.1) is 0 Å². The van der Waals surface area contributed by atoms with Crippen molar-refractivity contribution >= 4 is 33.0 Å². The lowest BCUT2D eigenvalue weighted by Crippen LogP contribution is -2.32. The molecule has 0 saturated carbocycles. The van der Waals surface area contributed by atoms with Gasteiger partial charge < -0.3 is 10.6 Å². The summed E-state index contributed by atoms with van der Waals surface area (Å²) in [5.41, 5.74) is 0.728. The largest absolute Gasteiger partial charge is 0.362 e. The van der Waals surface area contributed by atoms with Crippen molar-refractivity contribution in [1.29, 1.82) is 0 Å². The third kappa shape index (κ3) is 6.72. The molecule has 0 aliphatic carbocycles. The summed E-state index contributed by atoms with van der Waals surface area (Å²) in [6.07, 6.45) is 4.76. The van der Waals surface area contributed by atoms with Crippen LogP contribution in [0.15, 0.2) is 29.2 Å². The maximum atomic E-state index is 11.2. The Hall–Kier alpha value is -1.18. The number of rotatable bonds is 8. The van der Waals surface area contributed by atoms with Crippen LogP contribution in [0.25, 0.3) is 0 Å². The van der Waals surface area contributed by atoms with Gasteiger partial charge in [-0.05, 0) is 48.8 Å². The zero-order chi connectivity index (χ0) is 16.6. The van der Waals surface area contributed by atoms with Crippen LogP contribution in [0, 0.1) is 5.92 Å². The number of anilines is 1. The molecule has 0 bridgehead atoms. The first-order valence-corrected chi connectivity index (χ1v) is 9.50. The van der Waals surface area contributed by atoms with Gasteiger partial charge in [0.2, 0.25) is 10.0 Å². The average Bonchev–Trinajstić information content (AvgIpc) is 2.47. The molecule has 0 radical (unpaired) electrons. The molecule has 0 spiro atoms. The summed E-state index contributed by atoms with van der Waals surface area (Å²) in [5.74, 6) is 0.615. The van der Waals surface area contributed by atoms with Crippen molar-refractivity contribution in [3.8, 4) is 0 Å². The van der Waals surface area contributed by atoms with Gasteiger partial charge in [-0.25, -0.2) is 13.6 Å². The maximum absolute atomic E-state index is 11.2. The van der Waals surface area contributed by atoms with Crippen LogP contribution in [0.3, 0.4) is 0 Å². The van der Waals surface area contributed by atoms with Gasteiger partial charge in [-0.1, -0.05) is 33.1 Å². The average molecular weight is 344 g/mol. The van der Waals surface area contributed by atoms with Crippen molar-refractivity contribution in [2.75, 3.05) is 11.9 Å². The lowest BCUT2D eigenvalue weighted by Gasteiger charge is -2.17. The number of unbranched alkanes of at least 4 members (excludes halogenated alkanes) is 1. The van der Waals surface area contributed by atoms with E-state index in [0.717, 1.165) is 18.7 Å². The molecule has 0 aliphatic rings. The Morgan fingerprint density at radius 2 is 1.91 bits per heavy atom. The Morgan fingerprint density at radius 1 is 1.27 bits per heavy atom. The lowest BCUT2D eigenvalue weighted by atomic mass is 9.99. The van der Waals surface area contributed by atoms with Gasteiger partial charge in [0.1, 0.15) is 0 Å². The quantitative estimate of drug-likeness (QED) is 0.632. The third-order valence-corrected chi connectivity index (χ3v) is 4.71. The molecule has 0 heterocycles. The van der Waals surface area contributed by atoms with Gasteiger partial charge in [0.05, 0.1) is 4.90 Å². The van der Waals surface area contributed by atoms with Gasteiger partial charge in [0.15, 0.2) is 5.11 Å². The molecule has 0 aromatic heterocycles. The van der Waals surface area contributed by atoms with Crippen molar-refractivity contribution in [1.82, 2.24) is 5.32 Å². The second-order valence-electron chi connectivity index (χ2n) is 5.32. The van der Waals surface area contributed by atoms with E-state index in [1.54, 1.807) is 12.1 Å². The smallest absolute Gasteiger partial charge is 0.238 e. The van der Waals surface area contributed by atoms with Crippen molar-refractivity contribution in [3.63, 3.8) is 0 Å². The molecule has 5 nitrogen and oxygen atoms in total. The van der Waals surface area contributed by atoms with Gasteiger partial charge in [0, 0.05) is 12.2 Å². The Kier molecular flexibility index (Phi) is 7.78. The Morgan fingerprint density at radius 3 is 2.41 bits per heavy atom. The van der Waals surface area contributed by atoms with Crippen molar-refractivity contribution in [2.45, 2.75) is 44.4 Å². The van der Waals surface area contributed by atoms with Crippen LogP contribution in [0.2, 0.25) is 0 Å². The standard InChI is InChI=1S/C15H25N3O2S2/c1-3-5-6-12(4-2)11-17-15(21)18-13-7-9-14(10-8-13)22(16,19)20/h7-10,12H,3-6,11H2,1-2H3,(H2,16,19,20)(H2,17,18,21)/t12-/m1/s1. The molecule has 1 atom stereocenters. The topological polar surface area (TPSA) is 84.2 Å². The van der Waals surface area contributed by atoms with Crippen LogP contribution in [-0.2, 0) is 10.0 Å². The molecule has 7 heteroatoms. The van der Waals surface area contributed by atoms with E-state index in [9.17, 15) is 8.42 Å². The summed E-state index contributed by atoms with van der Waals surface area (Å²) in [4.78, 5) is 0.0857. The fourth-order valence-electron chi connectivity index (χ4n) is 2.08. The maximum Gasteiger partial charge on any atom is 0.238 e. The van der Waals surface area contributed by atoms with E-state index >= 15 is 0 Å². The number of thiocarbonyl (C=S) groups is 1. The number of primary sulfonamides is 1. The molecule has 22 heavy (non-hydrogen) atoms. The Balaban J connectivity index is 2.48. The lowest BCUT2D eigenvalue weighted by molar-refractivity contribution is 0.446. The molecular formula is C15H25N3O2S2. The van der Waals surface area contributed by atoms with Crippen molar-refractivity contribution < 1.29 is 8.42 Å². The number of benzene rings is 1. The molecule has 0 fully saturated rings. The fraction of sp³-hybridized carbons (Fsp3) is 0.533. The van der Waals surface area contributed by atoms with Crippen LogP contribution >= 0.6 is 12.2 Å². The highest BCUT2D eigenvalue weighted by Crippen LogP contribution is 2.13. The molecule has 0 unspecified atom stereocenters. The van der Waals surface area contributed by atoms with Gasteiger partial charge in [0.25, 0.3) is 0 Å². The van der Waals surface area contributed by atoms with Gasteiger partial charge >= 0.3 is 0 Å². The highest BCUT2D eigenvalue weighted by atomic mass is 32.2. The van der Waals surface area contributed by atoms with E-state index in [0.29, 0.717) is 11.0 Å². The molecule has 1 aromatic rings. The number of nitrogens with one attached hydrogen (secondary N) is 2. The molecular weight excluding hydrogens is 318 g/mol. The predicted molar refractivity (Wildman–Crippen MR) is 95.3 cm³/mol. The minimum Gasteiger partial charge on any atom is -0.362 e. The second-order valence-corrected chi connectivity index (χ2v) is 7.29. The van der Waals surface area contributed by atoms with Gasteiger partial charge in [-0.3, -0.25) is 0 Å². The van der Waals surface area contributed by atoms with Crippen LogP contribution in [0.1, 0.15) is 39.5 Å². The monoisotopic (exact) mass is 343 g/mol. The zero-order valence-corrected chi connectivity index (χ0v) is 14.8. The molecule has 1 aromatic carbocycles. The Labute approximate surface area is 138 Å². The number of sulfonamides is 1. The highest BCUT2D eigenvalue weighted by Gasteiger charge is 2.08. The molecule has 0 aliphatic heterocycles. The minimum atomic E-state index is -3.66. The SMILES string of the molecule is CCCC[C@@H](CC)CNC(=S)Nc1ccc(S(N)(=O)=O)cc1.